The average molecular weight is 322 g/mol. The molecule has 2 rings (SSSR count). The molecule has 0 saturated heterocycles. The van der Waals surface area contributed by atoms with Gasteiger partial charge in [0, 0.05) is 42.4 Å². The fourth-order valence-corrected chi connectivity index (χ4v) is 2.22. The van der Waals surface area contributed by atoms with Crippen molar-refractivity contribution in [3.05, 3.63) is 52.0 Å². The quantitative estimate of drug-likeness (QED) is 0.940. The third-order valence-electron chi connectivity index (χ3n) is 3.00. The minimum Gasteiger partial charge on any atom is -0.352 e. The number of carbonyl (C=O) groups excluding carboxylic acids is 1. The Hall–Kier alpha value is -1.62. The maximum absolute atomic E-state index is 12.1. The summed E-state index contributed by atoms with van der Waals surface area (Å²) in [5, 5.41) is 2.92. The highest BCUT2D eigenvalue weighted by Gasteiger charge is 2.09. The first kappa shape index (κ1) is 13.8. The Bertz CT molecular complexity index is 592. The lowest BCUT2D eigenvalue weighted by molar-refractivity contribution is 0.0953. The highest BCUT2D eigenvalue weighted by Crippen LogP contribution is 2.15. The summed E-state index contributed by atoms with van der Waals surface area (Å²) in [7, 11) is 1.95. The number of halogens is 1. The average Bonchev–Trinajstić information content (AvgIpc) is 2.78. The van der Waals surface area contributed by atoms with E-state index in [-0.39, 0.29) is 5.91 Å². The number of hydrogen-bond donors (Lipinski definition) is 1. The summed E-state index contributed by atoms with van der Waals surface area (Å²) >= 11 is 3.38. The van der Waals surface area contributed by atoms with Crippen LogP contribution in [-0.4, -0.2) is 22.0 Å². The minimum absolute atomic E-state index is 0.0481. The molecule has 1 aromatic heterocycles. The van der Waals surface area contributed by atoms with Crippen LogP contribution in [0.25, 0.3) is 0 Å². The molecule has 0 atom stereocenters. The van der Waals surface area contributed by atoms with Crippen LogP contribution in [0.15, 0.2) is 35.1 Å². The van der Waals surface area contributed by atoms with E-state index in [2.05, 4.69) is 26.2 Å². The van der Waals surface area contributed by atoms with Crippen molar-refractivity contribution in [3.63, 3.8) is 0 Å². The molecule has 0 bridgehead atoms. The number of hydrogen-bond acceptors (Lipinski definition) is 2. The zero-order chi connectivity index (χ0) is 13.8. The Balaban J connectivity index is 1.94. The van der Waals surface area contributed by atoms with Gasteiger partial charge in [-0.05, 0) is 24.6 Å². The predicted octanol–water partition coefficient (Wildman–Crippen LogP) is 2.46. The molecule has 0 aliphatic carbocycles. The third-order valence-corrected chi connectivity index (χ3v) is 3.49. The minimum atomic E-state index is -0.0481. The molecular formula is C14H16BrN3O. The number of nitrogens with zero attached hydrogens (tertiary/aromatic N) is 2. The molecule has 0 radical (unpaired) electrons. The van der Waals surface area contributed by atoms with Gasteiger partial charge in [0.05, 0.1) is 0 Å². The molecule has 1 N–H and O–H groups in total. The maximum Gasteiger partial charge on any atom is 0.251 e. The van der Waals surface area contributed by atoms with Gasteiger partial charge in [0.2, 0.25) is 0 Å². The van der Waals surface area contributed by atoms with E-state index >= 15 is 0 Å². The second-order valence-electron chi connectivity index (χ2n) is 4.42. The summed E-state index contributed by atoms with van der Waals surface area (Å²) in [5.74, 6) is 0.916. The number of benzene rings is 1. The Morgan fingerprint density at radius 2 is 2.26 bits per heavy atom. The van der Waals surface area contributed by atoms with Gasteiger partial charge < -0.3 is 9.88 Å². The van der Waals surface area contributed by atoms with Gasteiger partial charge in [-0.3, -0.25) is 4.79 Å². The van der Waals surface area contributed by atoms with E-state index in [4.69, 9.17) is 0 Å². The topological polar surface area (TPSA) is 46.9 Å². The molecule has 1 heterocycles. The van der Waals surface area contributed by atoms with Crippen molar-refractivity contribution >= 4 is 21.8 Å². The first-order chi connectivity index (χ1) is 9.08. The third kappa shape index (κ3) is 3.44. The van der Waals surface area contributed by atoms with Crippen LogP contribution in [0.2, 0.25) is 0 Å². The van der Waals surface area contributed by atoms with Gasteiger partial charge in [-0.2, -0.15) is 0 Å². The predicted molar refractivity (Wildman–Crippen MR) is 78.1 cm³/mol. The van der Waals surface area contributed by atoms with Crippen molar-refractivity contribution in [1.29, 1.82) is 0 Å². The number of carbonyl (C=O) groups is 1. The van der Waals surface area contributed by atoms with E-state index in [9.17, 15) is 4.79 Å². The Labute approximate surface area is 121 Å². The normalized spacial score (nSPS) is 10.5. The zero-order valence-electron chi connectivity index (χ0n) is 11.0. The van der Waals surface area contributed by atoms with Crippen LogP contribution in [0.5, 0.6) is 0 Å². The molecule has 5 heteroatoms. The van der Waals surface area contributed by atoms with Crippen molar-refractivity contribution in [2.24, 2.45) is 7.05 Å². The van der Waals surface area contributed by atoms with Gasteiger partial charge in [-0.15, -0.1) is 0 Å². The Kier molecular flexibility index (Phi) is 4.37. The molecule has 19 heavy (non-hydrogen) atoms. The lowest BCUT2D eigenvalue weighted by atomic mass is 10.1. The molecule has 0 unspecified atom stereocenters. The van der Waals surface area contributed by atoms with Crippen molar-refractivity contribution in [3.8, 4) is 0 Å². The number of amides is 1. The largest absolute Gasteiger partial charge is 0.352 e. The molecule has 0 saturated carbocycles. The van der Waals surface area contributed by atoms with Gasteiger partial charge in [-0.25, -0.2) is 4.98 Å². The molecule has 1 aromatic carbocycles. The summed E-state index contributed by atoms with van der Waals surface area (Å²) in [6, 6.07) is 5.70. The highest BCUT2D eigenvalue weighted by atomic mass is 79.9. The van der Waals surface area contributed by atoms with Crippen molar-refractivity contribution in [2.75, 3.05) is 6.54 Å². The summed E-state index contributed by atoms with van der Waals surface area (Å²) in [4.78, 5) is 16.3. The summed E-state index contributed by atoms with van der Waals surface area (Å²) in [5.41, 5.74) is 1.67. The van der Waals surface area contributed by atoms with Crippen LogP contribution in [-0.2, 0) is 13.5 Å². The highest BCUT2D eigenvalue weighted by molar-refractivity contribution is 9.10. The zero-order valence-corrected chi connectivity index (χ0v) is 12.6. The molecule has 1 amide bonds. The Morgan fingerprint density at radius 3 is 2.95 bits per heavy atom. The molecule has 2 aromatic rings. The van der Waals surface area contributed by atoms with E-state index in [0.717, 1.165) is 22.3 Å². The summed E-state index contributed by atoms with van der Waals surface area (Å²) in [6.07, 6.45) is 4.38. The lowest BCUT2D eigenvalue weighted by Crippen LogP contribution is -2.27. The molecule has 100 valence electrons. The molecule has 0 aliphatic rings. The van der Waals surface area contributed by atoms with Gasteiger partial charge in [0.25, 0.3) is 5.91 Å². The molecular weight excluding hydrogens is 306 g/mol. The van der Waals surface area contributed by atoms with Crippen LogP contribution < -0.4 is 5.32 Å². The van der Waals surface area contributed by atoms with Crippen LogP contribution in [0.1, 0.15) is 21.7 Å². The second-order valence-corrected chi connectivity index (χ2v) is 5.34. The monoisotopic (exact) mass is 321 g/mol. The van der Waals surface area contributed by atoms with E-state index in [1.807, 2.05) is 42.9 Å². The van der Waals surface area contributed by atoms with Crippen LogP contribution in [0.3, 0.4) is 0 Å². The van der Waals surface area contributed by atoms with Crippen molar-refractivity contribution < 1.29 is 4.79 Å². The Morgan fingerprint density at radius 1 is 1.47 bits per heavy atom. The van der Waals surface area contributed by atoms with Crippen LogP contribution >= 0.6 is 15.9 Å². The standard InChI is InChI=1S/C14H16BrN3O/c1-10-3-4-11(15)9-12(10)14(19)17-6-5-13-16-7-8-18(13)2/h3-4,7-9H,5-6H2,1-2H3,(H,17,19). The molecule has 0 spiro atoms. The first-order valence-corrected chi connectivity index (χ1v) is 6.88. The van der Waals surface area contributed by atoms with Gasteiger partial charge >= 0.3 is 0 Å². The fraction of sp³-hybridized carbons (Fsp3) is 0.286. The number of rotatable bonds is 4. The van der Waals surface area contributed by atoms with Crippen LogP contribution in [0, 0.1) is 6.92 Å². The second kappa shape index (κ2) is 6.02. The van der Waals surface area contributed by atoms with Gasteiger partial charge in [0.1, 0.15) is 5.82 Å². The van der Waals surface area contributed by atoms with E-state index in [1.54, 1.807) is 6.20 Å². The fourth-order valence-electron chi connectivity index (χ4n) is 1.86. The molecule has 4 nitrogen and oxygen atoms in total. The number of imidazole rings is 1. The van der Waals surface area contributed by atoms with E-state index < -0.39 is 0 Å². The SMILES string of the molecule is Cc1ccc(Br)cc1C(=O)NCCc1nccn1C. The number of aromatic nitrogens is 2. The molecule has 0 fully saturated rings. The van der Waals surface area contributed by atoms with Gasteiger partial charge in [-0.1, -0.05) is 22.0 Å². The van der Waals surface area contributed by atoms with E-state index in [1.165, 1.54) is 0 Å². The summed E-state index contributed by atoms with van der Waals surface area (Å²) in [6.45, 7) is 2.51. The lowest BCUT2D eigenvalue weighted by Gasteiger charge is -2.08. The van der Waals surface area contributed by atoms with Crippen molar-refractivity contribution in [2.45, 2.75) is 13.3 Å². The smallest absolute Gasteiger partial charge is 0.251 e. The first-order valence-electron chi connectivity index (χ1n) is 6.08. The molecule has 0 aliphatic heterocycles. The maximum atomic E-state index is 12.1. The summed E-state index contributed by atoms with van der Waals surface area (Å²) < 4.78 is 2.86. The van der Waals surface area contributed by atoms with E-state index in [0.29, 0.717) is 12.1 Å². The van der Waals surface area contributed by atoms with Crippen molar-refractivity contribution in [1.82, 2.24) is 14.9 Å². The number of aryl methyl sites for hydroxylation is 2. The van der Waals surface area contributed by atoms with Gasteiger partial charge in [0.15, 0.2) is 0 Å². The number of nitrogens with one attached hydrogen (secondary N) is 1. The van der Waals surface area contributed by atoms with Crippen LogP contribution in [0.4, 0.5) is 0 Å².